The van der Waals surface area contributed by atoms with Gasteiger partial charge in [0, 0.05) is 6.42 Å². The van der Waals surface area contributed by atoms with Gasteiger partial charge in [0.25, 0.3) is 0 Å². The third kappa shape index (κ3) is 17.2. The fourth-order valence-electron chi connectivity index (χ4n) is 2.27. The zero-order valence-corrected chi connectivity index (χ0v) is 14.4. The summed E-state index contributed by atoms with van der Waals surface area (Å²) in [6.45, 7) is 4.85. The van der Waals surface area contributed by atoms with Crippen LogP contribution in [0.3, 0.4) is 0 Å². The molecule has 0 fully saturated rings. The van der Waals surface area contributed by atoms with E-state index in [-0.39, 0.29) is 5.97 Å². The molecule has 0 saturated carbocycles. The second kappa shape index (κ2) is 17.3. The number of rotatable bonds is 15. The van der Waals surface area contributed by atoms with Crippen LogP contribution in [0.15, 0.2) is 12.2 Å². The summed E-state index contributed by atoms with van der Waals surface area (Å²) in [5.41, 5.74) is 0. The Balaban J connectivity index is 3.15. The maximum Gasteiger partial charge on any atom is 0.305 e. The summed E-state index contributed by atoms with van der Waals surface area (Å²) < 4.78 is 5.05. The van der Waals surface area contributed by atoms with Crippen LogP contribution in [0.2, 0.25) is 0 Å². The number of hydrogen-bond acceptors (Lipinski definition) is 2. The van der Waals surface area contributed by atoms with Crippen LogP contribution in [0.4, 0.5) is 0 Å². The van der Waals surface area contributed by atoms with Crippen molar-refractivity contribution in [3.63, 3.8) is 0 Å². The van der Waals surface area contributed by atoms with E-state index in [9.17, 15) is 4.79 Å². The van der Waals surface area contributed by atoms with Crippen LogP contribution in [-0.4, -0.2) is 12.6 Å². The summed E-state index contributed by atoms with van der Waals surface area (Å²) in [5.74, 6) is -0.0251. The smallest absolute Gasteiger partial charge is 0.305 e. The molecule has 0 aromatic heterocycles. The van der Waals surface area contributed by atoms with Crippen molar-refractivity contribution in [1.82, 2.24) is 0 Å². The van der Waals surface area contributed by atoms with E-state index in [1.54, 1.807) is 0 Å². The molecule has 0 aliphatic heterocycles. The quantitative estimate of drug-likeness (QED) is 0.204. The van der Waals surface area contributed by atoms with Gasteiger partial charge in [0.2, 0.25) is 0 Å². The molecule has 0 atom stereocenters. The minimum atomic E-state index is -0.0251. The van der Waals surface area contributed by atoms with E-state index in [4.69, 9.17) is 4.74 Å². The van der Waals surface area contributed by atoms with E-state index in [0.717, 1.165) is 19.3 Å². The van der Waals surface area contributed by atoms with E-state index < -0.39 is 0 Å². The molecule has 21 heavy (non-hydrogen) atoms. The molecule has 0 N–H and O–H groups in total. The van der Waals surface area contributed by atoms with Crippen molar-refractivity contribution in [3.05, 3.63) is 12.2 Å². The molecule has 0 aromatic carbocycles. The molecule has 0 aromatic rings. The van der Waals surface area contributed by atoms with E-state index in [1.165, 1.54) is 57.8 Å². The number of unbranched alkanes of at least 4 members (excludes halogenated alkanes) is 9. The number of carbonyl (C=O) groups is 1. The molecule has 0 aliphatic carbocycles. The van der Waals surface area contributed by atoms with Crippen molar-refractivity contribution < 1.29 is 9.53 Å². The molecular weight excluding hydrogens is 260 g/mol. The fraction of sp³-hybridized carbons (Fsp3) is 0.842. The van der Waals surface area contributed by atoms with Crippen LogP contribution < -0.4 is 0 Å². The van der Waals surface area contributed by atoms with Gasteiger partial charge in [-0.2, -0.15) is 0 Å². The van der Waals surface area contributed by atoms with Gasteiger partial charge in [0.15, 0.2) is 0 Å². The van der Waals surface area contributed by atoms with E-state index >= 15 is 0 Å². The van der Waals surface area contributed by atoms with E-state index in [0.29, 0.717) is 13.0 Å². The van der Waals surface area contributed by atoms with Crippen molar-refractivity contribution in [2.75, 3.05) is 6.61 Å². The lowest BCUT2D eigenvalue weighted by molar-refractivity contribution is -0.143. The Bertz CT molecular complexity index is 246. The number of ether oxygens (including phenoxy) is 1. The Morgan fingerprint density at radius 3 is 1.95 bits per heavy atom. The van der Waals surface area contributed by atoms with Gasteiger partial charge in [0.1, 0.15) is 0 Å². The minimum absolute atomic E-state index is 0.0251. The second-order valence-electron chi connectivity index (χ2n) is 5.85. The highest BCUT2D eigenvalue weighted by molar-refractivity contribution is 5.69. The Labute approximate surface area is 132 Å². The highest BCUT2D eigenvalue weighted by atomic mass is 16.5. The van der Waals surface area contributed by atoms with Crippen LogP contribution in [-0.2, 0) is 9.53 Å². The molecule has 0 amide bonds. The predicted octanol–water partition coefficient (Wildman–Crippen LogP) is 6.20. The molecule has 2 nitrogen and oxygen atoms in total. The topological polar surface area (TPSA) is 26.3 Å². The van der Waals surface area contributed by atoms with Gasteiger partial charge >= 0.3 is 5.97 Å². The number of allylic oxidation sites excluding steroid dienone is 2. The first kappa shape index (κ1) is 20.2. The van der Waals surface area contributed by atoms with E-state index in [1.807, 2.05) is 6.92 Å². The van der Waals surface area contributed by atoms with Crippen molar-refractivity contribution >= 4 is 5.97 Å². The predicted molar refractivity (Wildman–Crippen MR) is 91.5 cm³/mol. The zero-order chi connectivity index (χ0) is 15.6. The summed E-state index contributed by atoms with van der Waals surface area (Å²) >= 11 is 0. The average molecular weight is 296 g/mol. The first-order chi connectivity index (χ1) is 10.3. The first-order valence-corrected chi connectivity index (χ1v) is 9.11. The van der Waals surface area contributed by atoms with Crippen LogP contribution in [0.5, 0.6) is 0 Å². The Hall–Kier alpha value is -0.790. The van der Waals surface area contributed by atoms with Crippen molar-refractivity contribution in [1.29, 1.82) is 0 Å². The summed E-state index contributed by atoms with van der Waals surface area (Å²) in [4.78, 5) is 11.3. The molecular formula is C19H36O2. The molecule has 0 aliphatic rings. The molecule has 0 unspecified atom stereocenters. The summed E-state index contributed by atoms with van der Waals surface area (Å²) in [5, 5.41) is 0. The molecule has 0 rings (SSSR count). The normalized spacial score (nSPS) is 11.1. The first-order valence-electron chi connectivity index (χ1n) is 9.11. The lowest BCUT2D eigenvalue weighted by atomic mass is 10.1. The Kier molecular flexibility index (Phi) is 16.6. The van der Waals surface area contributed by atoms with Gasteiger partial charge in [-0.15, -0.1) is 0 Å². The molecule has 0 radical (unpaired) electrons. The van der Waals surface area contributed by atoms with E-state index in [2.05, 4.69) is 19.1 Å². The van der Waals surface area contributed by atoms with Crippen LogP contribution in [0.1, 0.15) is 97.3 Å². The maximum absolute atomic E-state index is 11.3. The third-order valence-corrected chi connectivity index (χ3v) is 3.61. The van der Waals surface area contributed by atoms with Crippen LogP contribution in [0.25, 0.3) is 0 Å². The van der Waals surface area contributed by atoms with Gasteiger partial charge < -0.3 is 4.74 Å². The van der Waals surface area contributed by atoms with Crippen molar-refractivity contribution in [2.45, 2.75) is 97.3 Å². The summed E-state index contributed by atoms with van der Waals surface area (Å²) in [6.07, 6.45) is 20.0. The standard InChI is InChI=1S/C19H36O2/c1-3-5-6-7-8-9-10-11-12-13-14-15-16-17-19(20)21-18-4-2/h9-10H,3-8,11-18H2,1-2H3/b10-9-. The van der Waals surface area contributed by atoms with Crippen LogP contribution in [0, 0.1) is 0 Å². The molecule has 0 heterocycles. The minimum Gasteiger partial charge on any atom is -0.466 e. The molecule has 0 spiro atoms. The van der Waals surface area contributed by atoms with Gasteiger partial charge in [0.05, 0.1) is 6.61 Å². The maximum atomic E-state index is 11.3. The molecule has 0 saturated heterocycles. The van der Waals surface area contributed by atoms with Crippen molar-refractivity contribution in [2.24, 2.45) is 0 Å². The summed E-state index contributed by atoms with van der Waals surface area (Å²) in [7, 11) is 0. The highest BCUT2D eigenvalue weighted by Crippen LogP contribution is 2.09. The number of esters is 1. The monoisotopic (exact) mass is 296 g/mol. The Morgan fingerprint density at radius 1 is 0.762 bits per heavy atom. The lowest BCUT2D eigenvalue weighted by Gasteiger charge is -2.02. The zero-order valence-electron chi connectivity index (χ0n) is 14.4. The van der Waals surface area contributed by atoms with Gasteiger partial charge in [-0.3, -0.25) is 4.79 Å². The fourth-order valence-corrected chi connectivity index (χ4v) is 2.27. The van der Waals surface area contributed by atoms with Gasteiger partial charge in [-0.05, 0) is 38.5 Å². The molecule has 124 valence electrons. The van der Waals surface area contributed by atoms with Gasteiger partial charge in [-0.25, -0.2) is 0 Å². The van der Waals surface area contributed by atoms with Gasteiger partial charge in [-0.1, -0.05) is 64.5 Å². The molecule has 2 heteroatoms. The largest absolute Gasteiger partial charge is 0.466 e. The Morgan fingerprint density at radius 2 is 1.33 bits per heavy atom. The summed E-state index contributed by atoms with van der Waals surface area (Å²) in [6, 6.07) is 0. The highest BCUT2D eigenvalue weighted by Gasteiger charge is 2.00. The third-order valence-electron chi connectivity index (χ3n) is 3.61. The van der Waals surface area contributed by atoms with Crippen molar-refractivity contribution in [3.8, 4) is 0 Å². The molecule has 0 bridgehead atoms. The average Bonchev–Trinajstić information content (AvgIpc) is 2.49. The van der Waals surface area contributed by atoms with Crippen LogP contribution >= 0.6 is 0 Å². The second-order valence-corrected chi connectivity index (χ2v) is 5.85. The lowest BCUT2D eigenvalue weighted by Crippen LogP contribution is -2.04. The number of hydrogen-bond donors (Lipinski definition) is 0. The SMILES string of the molecule is CCCCCC/C=C\CCCCCCCC(=O)OCCC. The number of carbonyl (C=O) groups excluding carboxylic acids is 1.